The molecule has 3 aromatic rings. The van der Waals surface area contributed by atoms with E-state index in [-0.39, 0.29) is 5.91 Å². The Labute approximate surface area is 181 Å². The Morgan fingerprint density at radius 3 is 2.17 bits per heavy atom. The van der Waals surface area contributed by atoms with Crippen LogP contribution in [0.25, 0.3) is 0 Å². The van der Waals surface area contributed by atoms with Gasteiger partial charge in [-0.1, -0.05) is 42.5 Å². The Balaban J connectivity index is 1.40. The number of amides is 1. The lowest BCUT2D eigenvalue weighted by Gasteiger charge is -2.12. The molecule has 0 atom stereocenters. The van der Waals surface area contributed by atoms with E-state index in [4.69, 9.17) is 21.7 Å². The third kappa shape index (κ3) is 6.49. The van der Waals surface area contributed by atoms with Crippen molar-refractivity contribution in [2.24, 2.45) is 0 Å². The van der Waals surface area contributed by atoms with Crippen molar-refractivity contribution >= 4 is 23.2 Å². The smallest absolute Gasteiger partial charge is 0.269 e. The standard InChI is InChI=1S/C23H23N3O3S/c1-28-20-11-7-17(8-12-20)15-24-23(30)26-25-22(27)19-9-13-21(14-10-19)29-16-18-5-3-2-4-6-18/h2-14H,15-16H2,1H3,(H,25,27)(H2,24,26,30). The van der Waals surface area contributed by atoms with Crippen molar-refractivity contribution in [2.75, 3.05) is 7.11 Å². The minimum atomic E-state index is -0.293. The zero-order chi connectivity index (χ0) is 21.2. The summed E-state index contributed by atoms with van der Waals surface area (Å²) in [4.78, 5) is 12.3. The third-order valence-corrected chi connectivity index (χ3v) is 4.51. The first kappa shape index (κ1) is 21.1. The quantitative estimate of drug-likeness (QED) is 0.400. The fourth-order valence-electron chi connectivity index (χ4n) is 2.60. The lowest BCUT2D eigenvalue weighted by Crippen LogP contribution is -2.46. The van der Waals surface area contributed by atoms with E-state index in [1.54, 1.807) is 31.4 Å². The van der Waals surface area contributed by atoms with Crippen LogP contribution in [0.2, 0.25) is 0 Å². The van der Waals surface area contributed by atoms with Gasteiger partial charge >= 0.3 is 0 Å². The maximum Gasteiger partial charge on any atom is 0.269 e. The van der Waals surface area contributed by atoms with Crippen LogP contribution in [-0.2, 0) is 13.2 Å². The molecular weight excluding hydrogens is 398 g/mol. The lowest BCUT2D eigenvalue weighted by molar-refractivity contribution is 0.0943. The van der Waals surface area contributed by atoms with Crippen LogP contribution >= 0.6 is 12.2 Å². The van der Waals surface area contributed by atoms with Gasteiger partial charge in [-0.15, -0.1) is 0 Å². The van der Waals surface area contributed by atoms with Crippen molar-refractivity contribution in [2.45, 2.75) is 13.2 Å². The average Bonchev–Trinajstić information content (AvgIpc) is 2.81. The van der Waals surface area contributed by atoms with Gasteiger partial charge in [0.1, 0.15) is 18.1 Å². The second-order valence-corrected chi connectivity index (χ2v) is 6.82. The number of thiocarbonyl (C=S) groups is 1. The molecule has 7 heteroatoms. The van der Waals surface area contributed by atoms with Crippen molar-refractivity contribution in [3.05, 3.63) is 95.6 Å². The van der Waals surface area contributed by atoms with Gasteiger partial charge in [-0.3, -0.25) is 15.6 Å². The van der Waals surface area contributed by atoms with Gasteiger partial charge in [-0.05, 0) is 59.7 Å². The molecule has 0 fully saturated rings. The average molecular weight is 422 g/mol. The highest BCUT2D eigenvalue weighted by molar-refractivity contribution is 7.80. The maximum absolute atomic E-state index is 12.3. The molecule has 0 spiro atoms. The summed E-state index contributed by atoms with van der Waals surface area (Å²) in [5, 5.41) is 3.35. The molecule has 0 aromatic heterocycles. The van der Waals surface area contributed by atoms with Crippen LogP contribution < -0.4 is 25.6 Å². The first-order valence-corrected chi connectivity index (χ1v) is 9.79. The van der Waals surface area contributed by atoms with Crippen LogP contribution in [0, 0.1) is 0 Å². The number of rotatable bonds is 7. The molecular formula is C23H23N3O3S. The highest BCUT2D eigenvalue weighted by atomic mass is 32.1. The van der Waals surface area contributed by atoms with Gasteiger partial charge in [-0.25, -0.2) is 0 Å². The molecule has 0 heterocycles. The number of hydrazine groups is 1. The Kier molecular flexibility index (Phi) is 7.63. The molecule has 0 aliphatic carbocycles. The molecule has 3 N–H and O–H groups in total. The largest absolute Gasteiger partial charge is 0.497 e. The van der Waals surface area contributed by atoms with Gasteiger partial charge in [0, 0.05) is 12.1 Å². The first-order valence-electron chi connectivity index (χ1n) is 9.38. The predicted octanol–water partition coefficient (Wildman–Crippen LogP) is 3.58. The molecule has 0 saturated heterocycles. The van der Waals surface area contributed by atoms with E-state index < -0.39 is 0 Å². The molecule has 0 saturated carbocycles. The highest BCUT2D eigenvalue weighted by Gasteiger charge is 2.06. The fraction of sp³-hybridized carbons (Fsp3) is 0.130. The monoisotopic (exact) mass is 421 g/mol. The van der Waals surface area contributed by atoms with Crippen molar-refractivity contribution in [3.8, 4) is 11.5 Å². The molecule has 3 aromatic carbocycles. The summed E-state index contributed by atoms with van der Waals surface area (Å²) in [5.41, 5.74) is 7.89. The molecule has 6 nitrogen and oxygen atoms in total. The number of ether oxygens (including phenoxy) is 2. The van der Waals surface area contributed by atoms with Crippen LogP contribution in [0.5, 0.6) is 11.5 Å². The zero-order valence-corrected chi connectivity index (χ0v) is 17.4. The SMILES string of the molecule is COc1ccc(CNC(=S)NNC(=O)c2ccc(OCc3ccccc3)cc2)cc1. The number of nitrogens with one attached hydrogen (secondary N) is 3. The highest BCUT2D eigenvalue weighted by Crippen LogP contribution is 2.14. The summed E-state index contributed by atoms with van der Waals surface area (Å²) in [5.74, 6) is 1.20. The third-order valence-electron chi connectivity index (χ3n) is 4.27. The minimum absolute atomic E-state index is 0.293. The molecule has 1 amide bonds. The van der Waals surface area contributed by atoms with Gasteiger partial charge in [-0.2, -0.15) is 0 Å². The summed E-state index contributed by atoms with van der Waals surface area (Å²) >= 11 is 5.19. The zero-order valence-electron chi connectivity index (χ0n) is 16.6. The summed E-state index contributed by atoms with van der Waals surface area (Å²) < 4.78 is 10.9. The second-order valence-electron chi connectivity index (χ2n) is 6.41. The summed E-state index contributed by atoms with van der Waals surface area (Å²) in [6.45, 7) is 1.00. The predicted molar refractivity (Wildman–Crippen MR) is 120 cm³/mol. The van der Waals surface area contributed by atoms with Gasteiger partial charge in [0.05, 0.1) is 7.11 Å². The molecule has 0 aliphatic rings. The Morgan fingerprint density at radius 2 is 1.50 bits per heavy atom. The Morgan fingerprint density at radius 1 is 0.833 bits per heavy atom. The lowest BCUT2D eigenvalue weighted by atomic mass is 10.2. The molecule has 0 aliphatic heterocycles. The molecule has 30 heavy (non-hydrogen) atoms. The van der Waals surface area contributed by atoms with Crippen LogP contribution in [-0.4, -0.2) is 18.1 Å². The summed E-state index contributed by atoms with van der Waals surface area (Å²) in [6, 6.07) is 24.5. The number of benzene rings is 3. The van der Waals surface area contributed by atoms with Crippen LogP contribution in [0.15, 0.2) is 78.9 Å². The van der Waals surface area contributed by atoms with Crippen LogP contribution in [0.1, 0.15) is 21.5 Å². The van der Waals surface area contributed by atoms with E-state index in [0.717, 1.165) is 16.9 Å². The Hall–Kier alpha value is -3.58. The van der Waals surface area contributed by atoms with Gasteiger partial charge in [0.2, 0.25) is 0 Å². The number of hydrogen-bond acceptors (Lipinski definition) is 4. The van der Waals surface area contributed by atoms with Crippen LogP contribution in [0.3, 0.4) is 0 Å². The van der Waals surface area contributed by atoms with E-state index in [0.29, 0.717) is 29.6 Å². The van der Waals surface area contributed by atoms with Gasteiger partial charge < -0.3 is 14.8 Å². The molecule has 154 valence electrons. The Bertz CT molecular complexity index is 961. The number of methoxy groups -OCH3 is 1. The fourth-order valence-corrected chi connectivity index (χ4v) is 2.72. The number of carbonyl (C=O) groups is 1. The van der Waals surface area contributed by atoms with E-state index in [1.807, 2.05) is 54.6 Å². The number of hydrogen-bond donors (Lipinski definition) is 3. The normalized spacial score (nSPS) is 10.0. The van der Waals surface area contributed by atoms with Crippen molar-refractivity contribution in [3.63, 3.8) is 0 Å². The first-order chi connectivity index (χ1) is 14.6. The second kappa shape index (κ2) is 10.8. The minimum Gasteiger partial charge on any atom is -0.497 e. The molecule has 0 unspecified atom stereocenters. The number of carbonyl (C=O) groups excluding carboxylic acids is 1. The van der Waals surface area contributed by atoms with E-state index in [9.17, 15) is 4.79 Å². The van der Waals surface area contributed by atoms with Crippen molar-refractivity contribution in [1.82, 2.24) is 16.2 Å². The van der Waals surface area contributed by atoms with E-state index >= 15 is 0 Å². The van der Waals surface area contributed by atoms with E-state index in [2.05, 4.69) is 16.2 Å². The van der Waals surface area contributed by atoms with Crippen molar-refractivity contribution in [1.29, 1.82) is 0 Å². The molecule has 3 rings (SSSR count). The summed E-state index contributed by atoms with van der Waals surface area (Å²) in [6.07, 6.45) is 0. The summed E-state index contributed by atoms with van der Waals surface area (Å²) in [7, 11) is 1.63. The van der Waals surface area contributed by atoms with Gasteiger partial charge in [0.25, 0.3) is 5.91 Å². The van der Waals surface area contributed by atoms with Crippen molar-refractivity contribution < 1.29 is 14.3 Å². The van der Waals surface area contributed by atoms with Gasteiger partial charge in [0.15, 0.2) is 5.11 Å². The van der Waals surface area contributed by atoms with Crippen LogP contribution in [0.4, 0.5) is 0 Å². The molecule has 0 bridgehead atoms. The topological polar surface area (TPSA) is 71.6 Å². The maximum atomic E-state index is 12.3. The molecule has 0 radical (unpaired) electrons. The van der Waals surface area contributed by atoms with E-state index in [1.165, 1.54) is 0 Å².